The molecule has 2 aromatic heterocycles. The molecule has 0 amide bonds. The van der Waals surface area contributed by atoms with Crippen LogP contribution in [0.25, 0.3) is 5.65 Å². The minimum absolute atomic E-state index is 0.226. The number of pyridine rings is 1. The van der Waals surface area contributed by atoms with Crippen LogP contribution in [0, 0.1) is 0 Å². The summed E-state index contributed by atoms with van der Waals surface area (Å²) in [7, 11) is 0. The Morgan fingerprint density at radius 1 is 1.21 bits per heavy atom. The van der Waals surface area contributed by atoms with Crippen LogP contribution in [0.3, 0.4) is 0 Å². The molecule has 0 unspecified atom stereocenters. The van der Waals surface area contributed by atoms with Crippen molar-refractivity contribution in [2.24, 2.45) is 0 Å². The van der Waals surface area contributed by atoms with Gasteiger partial charge in [-0.15, -0.1) is 0 Å². The molecule has 5 heteroatoms. The molecule has 1 aromatic carbocycles. The summed E-state index contributed by atoms with van der Waals surface area (Å²) < 4.78 is 8.51. The monoisotopic (exact) mass is 318 g/mol. The van der Waals surface area contributed by atoms with Crippen molar-refractivity contribution in [3.05, 3.63) is 59.0 Å². The van der Waals surface area contributed by atoms with Gasteiger partial charge in [0.2, 0.25) is 0 Å². The van der Waals surface area contributed by atoms with Crippen LogP contribution in [0.2, 0.25) is 0 Å². The van der Waals surface area contributed by atoms with Gasteiger partial charge < -0.3 is 14.2 Å². The number of halogens is 1. The van der Waals surface area contributed by atoms with Crippen LogP contribution >= 0.6 is 15.9 Å². The highest BCUT2D eigenvalue weighted by molar-refractivity contribution is 9.10. The van der Waals surface area contributed by atoms with Crippen LogP contribution in [0.4, 0.5) is 0 Å². The fraction of sp³-hybridized carbons (Fsp3) is 0.0714. The van der Waals surface area contributed by atoms with E-state index in [0.717, 1.165) is 15.8 Å². The van der Waals surface area contributed by atoms with Gasteiger partial charge in [0, 0.05) is 12.4 Å². The van der Waals surface area contributed by atoms with E-state index in [1.165, 1.54) is 0 Å². The summed E-state index contributed by atoms with van der Waals surface area (Å²) in [6, 6.07) is 10.5. The van der Waals surface area contributed by atoms with Crippen molar-refractivity contribution in [2.75, 3.05) is 0 Å². The molecule has 0 aliphatic rings. The maximum absolute atomic E-state index is 9.19. The lowest BCUT2D eigenvalue weighted by molar-refractivity contribution is 0.301. The van der Waals surface area contributed by atoms with Gasteiger partial charge in [0.1, 0.15) is 18.1 Å². The van der Waals surface area contributed by atoms with E-state index in [1.807, 2.05) is 28.9 Å². The summed E-state index contributed by atoms with van der Waals surface area (Å²) in [5, 5.41) is 9.19. The van der Waals surface area contributed by atoms with Crippen molar-refractivity contribution in [1.82, 2.24) is 9.38 Å². The van der Waals surface area contributed by atoms with Gasteiger partial charge in [0.15, 0.2) is 5.65 Å². The lowest BCUT2D eigenvalue weighted by Crippen LogP contribution is -1.95. The first-order valence-corrected chi connectivity index (χ1v) is 6.55. The molecule has 4 nitrogen and oxygen atoms in total. The molecule has 0 aliphatic carbocycles. The van der Waals surface area contributed by atoms with Crippen molar-refractivity contribution in [2.45, 2.75) is 6.61 Å². The molecule has 0 bridgehead atoms. The molecule has 0 aliphatic heterocycles. The molecule has 0 spiro atoms. The van der Waals surface area contributed by atoms with E-state index in [2.05, 4.69) is 20.9 Å². The van der Waals surface area contributed by atoms with E-state index < -0.39 is 0 Å². The molecule has 0 radical (unpaired) electrons. The zero-order valence-corrected chi connectivity index (χ0v) is 11.5. The molecule has 3 aromatic rings. The summed E-state index contributed by atoms with van der Waals surface area (Å²) >= 11 is 3.46. The number of fused-ring (bicyclic) bond motifs is 1. The first kappa shape index (κ1) is 12.0. The predicted molar refractivity (Wildman–Crippen MR) is 75.3 cm³/mol. The van der Waals surface area contributed by atoms with Crippen molar-refractivity contribution in [1.29, 1.82) is 0 Å². The number of nitrogens with zero attached hydrogens (tertiary/aromatic N) is 2. The molecule has 19 heavy (non-hydrogen) atoms. The topological polar surface area (TPSA) is 46.8 Å². The average Bonchev–Trinajstić information content (AvgIpc) is 2.83. The minimum atomic E-state index is 0.226. The highest BCUT2D eigenvalue weighted by Crippen LogP contribution is 2.19. The third kappa shape index (κ3) is 2.56. The van der Waals surface area contributed by atoms with Gasteiger partial charge in [-0.3, -0.25) is 0 Å². The maximum atomic E-state index is 9.19. The summed E-state index contributed by atoms with van der Waals surface area (Å²) in [4.78, 5) is 4.49. The predicted octanol–water partition coefficient (Wildman–Crippen LogP) is 3.38. The Morgan fingerprint density at radius 3 is 2.74 bits per heavy atom. The highest BCUT2D eigenvalue weighted by Gasteiger charge is 2.05. The quantitative estimate of drug-likeness (QED) is 0.805. The van der Waals surface area contributed by atoms with Gasteiger partial charge in [-0.1, -0.05) is 0 Å². The summed E-state index contributed by atoms with van der Waals surface area (Å²) in [5.74, 6) is 0.929. The first-order chi connectivity index (χ1) is 9.22. The number of rotatable bonds is 3. The second-order valence-electron chi connectivity index (χ2n) is 4.10. The molecule has 0 saturated heterocycles. The van der Waals surface area contributed by atoms with Crippen molar-refractivity contribution in [3.8, 4) is 11.5 Å². The van der Waals surface area contributed by atoms with Gasteiger partial charge in [-0.2, -0.15) is 0 Å². The average molecular weight is 319 g/mol. The second-order valence-corrected chi connectivity index (χ2v) is 4.96. The number of benzene rings is 1. The smallest absolute Gasteiger partial charge is 0.151 e. The molecule has 0 saturated carbocycles. The highest BCUT2D eigenvalue weighted by atomic mass is 79.9. The van der Waals surface area contributed by atoms with Crippen LogP contribution in [0.5, 0.6) is 11.5 Å². The largest absolute Gasteiger partial charge is 0.508 e. The van der Waals surface area contributed by atoms with E-state index >= 15 is 0 Å². The van der Waals surface area contributed by atoms with Crippen LogP contribution in [-0.4, -0.2) is 14.5 Å². The van der Waals surface area contributed by atoms with Crippen LogP contribution in [0.15, 0.2) is 53.3 Å². The number of aromatic nitrogens is 2. The molecule has 96 valence electrons. The Bertz CT molecular complexity index is 707. The fourth-order valence-electron chi connectivity index (χ4n) is 1.80. The Labute approximate surface area is 118 Å². The number of hydrogen-bond donors (Lipinski definition) is 1. The molecular weight excluding hydrogens is 308 g/mol. The molecule has 3 rings (SSSR count). The van der Waals surface area contributed by atoms with E-state index in [-0.39, 0.29) is 5.75 Å². The number of ether oxygens (including phenoxy) is 1. The lowest BCUT2D eigenvalue weighted by atomic mass is 10.3. The second kappa shape index (κ2) is 4.93. The molecule has 0 fully saturated rings. The number of aromatic hydroxyl groups is 1. The SMILES string of the molecule is Oc1ccc(OCc2cn3cccc(Br)c3n2)cc1. The summed E-state index contributed by atoms with van der Waals surface area (Å²) in [5.41, 5.74) is 1.71. The Kier molecular flexibility index (Phi) is 3.13. The zero-order valence-electron chi connectivity index (χ0n) is 9.95. The Balaban J connectivity index is 1.78. The normalized spacial score (nSPS) is 10.8. The van der Waals surface area contributed by atoms with Crippen LogP contribution < -0.4 is 4.74 Å². The lowest BCUT2D eigenvalue weighted by Gasteiger charge is -2.03. The standard InChI is InChI=1S/C14H11BrN2O2/c15-13-2-1-7-17-8-10(16-14(13)17)9-19-12-5-3-11(18)4-6-12/h1-8,18H,9H2. The number of hydrogen-bond acceptors (Lipinski definition) is 3. The van der Waals surface area contributed by atoms with Crippen molar-refractivity contribution in [3.63, 3.8) is 0 Å². The third-order valence-corrected chi connectivity index (χ3v) is 3.33. The summed E-state index contributed by atoms with van der Waals surface area (Å²) in [6.07, 6.45) is 3.87. The van der Waals surface area contributed by atoms with Gasteiger partial charge in [0.25, 0.3) is 0 Å². The molecule has 2 heterocycles. The minimum Gasteiger partial charge on any atom is -0.508 e. The Hall–Kier alpha value is -2.01. The molecule has 1 N–H and O–H groups in total. The fourth-order valence-corrected chi connectivity index (χ4v) is 2.24. The molecular formula is C14H11BrN2O2. The van der Waals surface area contributed by atoms with Gasteiger partial charge >= 0.3 is 0 Å². The van der Waals surface area contributed by atoms with Gasteiger partial charge in [-0.25, -0.2) is 4.98 Å². The first-order valence-electron chi connectivity index (χ1n) is 5.76. The Morgan fingerprint density at radius 2 is 2.00 bits per heavy atom. The number of phenolic OH excluding ortho intramolecular Hbond substituents is 1. The maximum Gasteiger partial charge on any atom is 0.151 e. The van der Waals surface area contributed by atoms with E-state index in [0.29, 0.717) is 12.4 Å². The van der Waals surface area contributed by atoms with E-state index in [4.69, 9.17) is 4.74 Å². The van der Waals surface area contributed by atoms with Crippen LogP contribution in [0.1, 0.15) is 5.69 Å². The number of phenols is 1. The van der Waals surface area contributed by atoms with Crippen LogP contribution in [-0.2, 0) is 6.61 Å². The van der Waals surface area contributed by atoms with Gasteiger partial charge in [-0.05, 0) is 52.3 Å². The van der Waals surface area contributed by atoms with E-state index in [1.54, 1.807) is 24.3 Å². The van der Waals surface area contributed by atoms with E-state index in [9.17, 15) is 5.11 Å². The van der Waals surface area contributed by atoms with Gasteiger partial charge in [0.05, 0.1) is 10.2 Å². The van der Waals surface area contributed by atoms with Crippen molar-refractivity contribution < 1.29 is 9.84 Å². The molecule has 0 atom stereocenters. The third-order valence-electron chi connectivity index (χ3n) is 2.71. The number of imidazole rings is 1. The summed E-state index contributed by atoms with van der Waals surface area (Å²) in [6.45, 7) is 0.388. The zero-order chi connectivity index (χ0) is 13.2. The van der Waals surface area contributed by atoms with Crippen molar-refractivity contribution >= 4 is 21.6 Å².